The Bertz CT molecular complexity index is 2380. The minimum atomic E-state index is -0.0870. The summed E-state index contributed by atoms with van der Waals surface area (Å²) in [7, 11) is 0. The maximum atomic E-state index is 11.1. The summed E-state index contributed by atoms with van der Waals surface area (Å²) in [5.74, 6) is 0.0406. The number of carbonyl (C=O) groups is 1. The fourth-order valence-electron chi connectivity index (χ4n) is 5.37. The number of aromatic nitrogens is 1. The quantitative estimate of drug-likeness (QED) is 0.0825. The second-order valence-electron chi connectivity index (χ2n) is 12.0. The van der Waals surface area contributed by atoms with Gasteiger partial charge in [-0.2, -0.15) is 0 Å². The number of phenolic OH excluding ortho intramolecular Hbond substituents is 2. The van der Waals surface area contributed by atoms with E-state index in [1.165, 1.54) is 6.92 Å². The number of fused-ring (bicyclic) bond motifs is 1. The lowest BCUT2D eigenvalue weighted by Gasteiger charge is -2.13. The van der Waals surface area contributed by atoms with E-state index in [9.17, 15) is 15.0 Å². The molecule has 1 heterocycles. The molecule has 0 atom stereocenters. The van der Waals surface area contributed by atoms with Gasteiger partial charge in [0.25, 0.3) is 0 Å². The molecule has 7 aromatic rings. The first-order valence-corrected chi connectivity index (χ1v) is 19.3. The lowest BCUT2D eigenvalue weighted by molar-refractivity contribution is -0.114. The van der Waals surface area contributed by atoms with E-state index >= 15 is 0 Å². The van der Waals surface area contributed by atoms with Crippen molar-refractivity contribution in [2.24, 2.45) is 0 Å². The summed E-state index contributed by atoms with van der Waals surface area (Å²) in [6, 6.07) is 44.9. The summed E-state index contributed by atoms with van der Waals surface area (Å²) in [4.78, 5) is 20.0. The number of aromatic hydroxyl groups is 2. The molecule has 7 rings (SSSR count). The number of para-hydroxylation sites is 2. The monoisotopic (exact) mass is 790 g/mol. The molecule has 5 N–H and O–H groups in total. The number of hydrogen-bond acceptors (Lipinski definition) is 8. The number of nitrogens with one attached hydrogen (secondary N) is 3. The normalized spacial score (nSPS) is 10.6. The number of nitrogens with zero attached hydrogens (tertiary/aromatic N) is 1. The summed E-state index contributed by atoms with van der Waals surface area (Å²) in [6.45, 7) is 2.63. The van der Waals surface area contributed by atoms with Crippen molar-refractivity contribution in [1.82, 2.24) is 4.98 Å². The summed E-state index contributed by atoms with van der Waals surface area (Å²) < 4.78 is 0. The number of carbonyl (C=O) groups excluding carboxylic acids is 1. The Morgan fingerprint density at radius 2 is 1.17 bits per heavy atom. The fourth-order valence-corrected chi connectivity index (χ4v) is 7.64. The lowest BCUT2D eigenvalue weighted by atomic mass is 10.2. The number of anilines is 3. The number of rotatable bonds is 11. The average Bonchev–Trinajstić information content (AvgIpc) is 3.18. The molecule has 0 saturated heterocycles. The number of amides is 1. The molecular weight excluding hydrogens is 756 g/mol. The highest BCUT2D eigenvalue weighted by molar-refractivity contribution is 7.99. The molecule has 1 aromatic heterocycles. The van der Waals surface area contributed by atoms with E-state index in [0.29, 0.717) is 34.5 Å². The molecule has 6 aromatic carbocycles. The average molecular weight is 792 g/mol. The van der Waals surface area contributed by atoms with Crippen LogP contribution in [0, 0.1) is 0 Å². The SMILES string of the molecule is CC(=O)Nc1ccc(Sc2ccccc2CNc2cccc(Cl)c2O)cc1.Oc1c(Cl)cccc1NCc1ccccc1Sc1ccc2cccnc2c1. The van der Waals surface area contributed by atoms with E-state index in [1.807, 2.05) is 79.0 Å². The van der Waals surface area contributed by atoms with Gasteiger partial charge in [0.05, 0.1) is 26.9 Å². The summed E-state index contributed by atoms with van der Waals surface area (Å²) in [6.07, 6.45) is 1.81. The molecular formula is C43H36Cl2N4O3S2. The molecule has 0 unspecified atom stereocenters. The van der Waals surface area contributed by atoms with Crippen molar-refractivity contribution >= 4 is 80.6 Å². The Labute approximate surface area is 332 Å². The van der Waals surface area contributed by atoms with Gasteiger partial charge in [0.2, 0.25) is 5.91 Å². The largest absolute Gasteiger partial charge is 0.504 e. The molecule has 1 amide bonds. The predicted octanol–water partition coefficient (Wildman–Crippen LogP) is 12.1. The van der Waals surface area contributed by atoms with Gasteiger partial charge in [-0.3, -0.25) is 9.78 Å². The smallest absolute Gasteiger partial charge is 0.221 e. The molecule has 11 heteroatoms. The number of phenols is 2. The van der Waals surface area contributed by atoms with E-state index in [4.69, 9.17) is 23.2 Å². The Hall–Kier alpha value is -5.32. The standard InChI is InChI=1S/C22H17ClN2OS.C21H19ClN2O2S/c23-18-7-3-8-19(22(18)26)25-14-16-5-1-2-9-21(16)27-17-11-10-15-6-4-12-24-20(15)13-17;1-14(25)24-16-9-11-17(12-10-16)27-20-8-3-2-5-15(20)13-23-19-7-4-6-18(22)21(19)26/h1-13,25-26H,14H2;2-12,23,26H,13H2,1H3,(H,24,25). The van der Waals surface area contributed by atoms with Crippen LogP contribution in [0.2, 0.25) is 10.0 Å². The van der Waals surface area contributed by atoms with Gasteiger partial charge in [0.1, 0.15) is 0 Å². The first kappa shape index (κ1) is 38.4. The van der Waals surface area contributed by atoms with Crippen LogP contribution < -0.4 is 16.0 Å². The second kappa shape index (κ2) is 18.6. The van der Waals surface area contributed by atoms with Crippen molar-refractivity contribution < 1.29 is 15.0 Å². The van der Waals surface area contributed by atoms with E-state index < -0.39 is 0 Å². The van der Waals surface area contributed by atoms with Crippen molar-refractivity contribution in [2.45, 2.75) is 39.6 Å². The predicted molar refractivity (Wildman–Crippen MR) is 225 cm³/mol. The van der Waals surface area contributed by atoms with Crippen LogP contribution in [-0.4, -0.2) is 21.1 Å². The van der Waals surface area contributed by atoms with Gasteiger partial charge in [0, 0.05) is 56.9 Å². The van der Waals surface area contributed by atoms with Crippen LogP contribution in [0.4, 0.5) is 17.1 Å². The van der Waals surface area contributed by atoms with Gasteiger partial charge in [-0.1, -0.05) is 107 Å². The molecule has 0 saturated carbocycles. The van der Waals surface area contributed by atoms with Gasteiger partial charge in [-0.25, -0.2) is 0 Å². The number of halogens is 2. The highest BCUT2D eigenvalue weighted by Crippen LogP contribution is 2.36. The molecule has 0 aliphatic rings. The molecule has 0 spiro atoms. The topological polar surface area (TPSA) is 107 Å². The first-order chi connectivity index (χ1) is 26.2. The van der Waals surface area contributed by atoms with Crippen molar-refractivity contribution in [3.05, 3.63) is 167 Å². The van der Waals surface area contributed by atoms with E-state index in [0.717, 1.165) is 47.3 Å². The Morgan fingerprint density at radius 1 is 0.630 bits per heavy atom. The zero-order valence-electron chi connectivity index (χ0n) is 29.1. The third-order valence-electron chi connectivity index (χ3n) is 8.07. The third-order valence-corrected chi connectivity index (χ3v) is 10.9. The lowest BCUT2D eigenvalue weighted by Crippen LogP contribution is -2.05. The number of hydrogen-bond donors (Lipinski definition) is 5. The van der Waals surface area contributed by atoms with Crippen molar-refractivity contribution in [3.8, 4) is 11.5 Å². The van der Waals surface area contributed by atoms with Gasteiger partial charge < -0.3 is 26.2 Å². The molecule has 272 valence electrons. The highest BCUT2D eigenvalue weighted by Gasteiger charge is 2.10. The maximum Gasteiger partial charge on any atom is 0.221 e. The maximum absolute atomic E-state index is 11.1. The number of pyridine rings is 1. The molecule has 0 radical (unpaired) electrons. The fraction of sp³-hybridized carbons (Fsp3) is 0.0698. The van der Waals surface area contributed by atoms with Crippen LogP contribution in [-0.2, 0) is 17.9 Å². The van der Waals surface area contributed by atoms with Gasteiger partial charge >= 0.3 is 0 Å². The van der Waals surface area contributed by atoms with Crippen LogP contribution in [0.3, 0.4) is 0 Å². The molecule has 0 bridgehead atoms. The van der Waals surface area contributed by atoms with Crippen molar-refractivity contribution in [3.63, 3.8) is 0 Å². The molecule has 0 aliphatic heterocycles. The Balaban J connectivity index is 0.000000184. The van der Waals surface area contributed by atoms with Crippen LogP contribution in [0.15, 0.2) is 165 Å². The molecule has 54 heavy (non-hydrogen) atoms. The van der Waals surface area contributed by atoms with Crippen LogP contribution >= 0.6 is 46.7 Å². The van der Waals surface area contributed by atoms with Crippen LogP contribution in [0.25, 0.3) is 10.9 Å². The zero-order chi connectivity index (χ0) is 37.9. The van der Waals surface area contributed by atoms with Gasteiger partial charge in [0.15, 0.2) is 11.5 Å². The van der Waals surface area contributed by atoms with E-state index in [-0.39, 0.29) is 17.4 Å². The summed E-state index contributed by atoms with van der Waals surface area (Å²) in [5, 5.41) is 31.2. The zero-order valence-corrected chi connectivity index (χ0v) is 32.2. The van der Waals surface area contributed by atoms with Crippen molar-refractivity contribution in [1.29, 1.82) is 0 Å². The second-order valence-corrected chi connectivity index (χ2v) is 15.0. The van der Waals surface area contributed by atoms with Crippen LogP contribution in [0.5, 0.6) is 11.5 Å². The number of benzene rings is 6. The summed E-state index contributed by atoms with van der Waals surface area (Å²) >= 11 is 15.3. The molecule has 7 nitrogen and oxygen atoms in total. The van der Waals surface area contributed by atoms with Gasteiger partial charge in [-0.05, 0) is 90.0 Å². The van der Waals surface area contributed by atoms with E-state index in [1.54, 1.807) is 47.8 Å². The van der Waals surface area contributed by atoms with Crippen molar-refractivity contribution in [2.75, 3.05) is 16.0 Å². The Kier molecular flexibility index (Phi) is 13.2. The minimum Gasteiger partial charge on any atom is -0.504 e. The Morgan fingerprint density at radius 3 is 1.74 bits per heavy atom. The molecule has 0 aliphatic carbocycles. The van der Waals surface area contributed by atoms with Crippen LogP contribution in [0.1, 0.15) is 18.1 Å². The third kappa shape index (κ3) is 10.4. The minimum absolute atomic E-state index is 0.0536. The molecule has 0 fully saturated rings. The first-order valence-electron chi connectivity index (χ1n) is 16.9. The van der Waals surface area contributed by atoms with Gasteiger partial charge in [-0.15, -0.1) is 0 Å². The summed E-state index contributed by atoms with van der Waals surface area (Å²) in [5.41, 5.74) is 5.23. The van der Waals surface area contributed by atoms with E-state index in [2.05, 4.69) is 63.4 Å². The highest BCUT2D eigenvalue weighted by atomic mass is 35.5.